The van der Waals surface area contributed by atoms with Crippen LogP contribution >= 0.6 is 0 Å². The van der Waals surface area contributed by atoms with E-state index in [0.29, 0.717) is 12.8 Å². The Morgan fingerprint density at radius 1 is 1.06 bits per heavy atom. The average molecular weight is 433 g/mol. The van der Waals surface area contributed by atoms with Gasteiger partial charge in [0.1, 0.15) is 11.9 Å². The molecule has 0 fully saturated rings. The number of amides is 2. The number of carbonyl (C=O) groups is 4. The predicted octanol–water partition coefficient (Wildman–Crippen LogP) is 2.81. The molecular weight excluding hydrogens is 396 g/mol. The number of hydrogen-bond donors (Lipinski definition) is 2. The van der Waals surface area contributed by atoms with Crippen LogP contribution in [0.2, 0.25) is 0 Å². The number of rotatable bonds is 12. The number of ether oxygens (including phenoxy) is 1. The summed E-state index contributed by atoms with van der Waals surface area (Å²) in [7, 11) is 0. The molecule has 0 heterocycles. The fourth-order valence-electron chi connectivity index (χ4n) is 3.05. The van der Waals surface area contributed by atoms with Crippen molar-refractivity contribution in [1.29, 1.82) is 0 Å². The number of benzene rings is 1. The minimum absolute atomic E-state index is 0.0207. The highest BCUT2D eigenvalue weighted by Gasteiger charge is 2.28. The molecule has 172 valence electrons. The predicted molar refractivity (Wildman–Crippen MR) is 119 cm³/mol. The van der Waals surface area contributed by atoms with Gasteiger partial charge in [-0.05, 0) is 45.1 Å². The van der Waals surface area contributed by atoms with Gasteiger partial charge in [0.05, 0.1) is 12.5 Å². The molecule has 1 rings (SSSR count). The topological polar surface area (TPSA) is 102 Å². The number of hydrogen-bond acceptors (Lipinski definition) is 5. The van der Waals surface area contributed by atoms with Crippen LogP contribution in [-0.2, 0) is 30.3 Å². The highest BCUT2D eigenvalue weighted by atomic mass is 16.6. The summed E-state index contributed by atoms with van der Waals surface area (Å²) in [5.74, 6) is -1.91. The van der Waals surface area contributed by atoms with Gasteiger partial charge in [-0.1, -0.05) is 44.2 Å². The molecule has 0 spiro atoms. The lowest BCUT2D eigenvalue weighted by molar-refractivity contribution is -0.156. The third-order valence-corrected chi connectivity index (χ3v) is 4.65. The van der Waals surface area contributed by atoms with Gasteiger partial charge in [-0.15, -0.1) is 0 Å². The molecule has 0 aliphatic carbocycles. The molecule has 0 aromatic heterocycles. The maximum atomic E-state index is 12.7. The second kappa shape index (κ2) is 12.9. The lowest BCUT2D eigenvalue weighted by atomic mass is 9.91. The Bertz CT molecular complexity index is 725. The molecule has 0 saturated carbocycles. The van der Waals surface area contributed by atoms with Crippen molar-refractivity contribution in [1.82, 2.24) is 10.6 Å². The van der Waals surface area contributed by atoms with Crippen LogP contribution in [0.1, 0.15) is 59.4 Å². The Morgan fingerprint density at radius 3 is 2.26 bits per heavy atom. The SMILES string of the molecule is CC(C)C(CC(=O)NCCCc1ccccc1)C(=O)NC(C=O)CC(=O)OC(C)(C)C. The van der Waals surface area contributed by atoms with Crippen molar-refractivity contribution >= 4 is 24.1 Å². The number of aldehydes is 1. The summed E-state index contributed by atoms with van der Waals surface area (Å²) in [6.07, 6.45) is 1.96. The van der Waals surface area contributed by atoms with E-state index in [4.69, 9.17) is 4.74 Å². The number of nitrogens with one attached hydrogen (secondary N) is 2. The van der Waals surface area contributed by atoms with Crippen molar-refractivity contribution in [2.24, 2.45) is 11.8 Å². The van der Waals surface area contributed by atoms with Crippen LogP contribution in [0.5, 0.6) is 0 Å². The maximum Gasteiger partial charge on any atom is 0.308 e. The van der Waals surface area contributed by atoms with E-state index in [1.165, 1.54) is 5.56 Å². The number of aryl methyl sites for hydroxylation is 1. The molecule has 2 amide bonds. The lowest BCUT2D eigenvalue weighted by Gasteiger charge is -2.23. The molecule has 0 saturated heterocycles. The summed E-state index contributed by atoms with van der Waals surface area (Å²) in [4.78, 5) is 48.3. The molecule has 7 nitrogen and oxygen atoms in total. The minimum Gasteiger partial charge on any atom is -0.460 e. The van der Waals surface area contributed by atoms with E-state index < -0.39 is 29.4 Å². The van der Waals surface area contributed by atoms with E-state index in [1.807, 2.05) is 44.2 Å². The summed E-state index contributed by atoms with van der Waals surface area (Å²) in [6.45, 7) is 9.40. The van der Waals surface area contributed by atoms with Gasteiger partial charge in [0, 0.05) is 18.9 Å². The van der Waals surface area contributed by atoms with Gasteiger partial charge in [0.15, 0.2) is 0 Å². The van der Waals surface area contributed by atoms with E-state index >= 15 is 0 Å². The molecular formula is C24H36N2O5. The van der Waals surface area contributed by atoms with Crippen molar-refractivity contribution in [2.75, 3.05) is 6.54 Å². The largest absolute Gasteiger partial charge is 0.460 e. The normalized spacial score (nSPS) is 13.2. The van der Waals surface area contributed by atoms with Crippen LogP contribution in [0.3, 0.4) is 0 Å². The molecule has 0 aliphatic rings. The average Bonchev–Trinajstić information content (AvgIpc) is 2.67. The van der Waals surface area contributed by atoms with Crippen molar-refractivity contribution in [3.8, 4) is 0 Å². The molecule has 2 atom stereocenters. The summed E-state index contributed by atoms with van der Waals surface area (Å²) in [5, 5.41) is 5.43. The van der Waals surface area contributed by atoms with Crippen molar-refractivity contribution in [3.05, 3.63) is 35.9 Å². The van der Waals surface area contributed by atoms with E-state index in [-0.39, 0.29) is 24.7 Å². The molecule has 2 unspecified atom stereocenters. The lowest BCUT2D eigenvalue weighted by Crippen LogP contribution is -2.44. The van der Waals surface area contributed by atoms with Gasteiger partial charge in [-0.25, -0.2) is 0 Å². The van der Waals surface area contributed by atoms with Crippen molar-refractivity contribution in [3.63, 3.8) is 0 Å². The van der Waals surface area contributed by atoms with E-state index in [2.05, 4.69) is 10.6 Å². The van der Waals surface area contributed by atoms with Gasteiger partial charge in [0.2, 0.25) is 11.8 Å². The van der Waals surface area contributed by atoms with Crippen molar-refractivity contribution in [2.45, 2.75) is 71.9 Å². The van der Waals surface area contributed by atoms with Crippen LogP contribution in [0.15, 0.2) is 30.3 Å². The zero-order valence-corrected chi connectivity index (χ0v) is 19.3. The third-order valence-electron chi connectivity index (χ3n) is 4.65. The molecule has 31 heavy (non-hydrogen) atoms. The quantitative estimate of drug-likeness (QED) is 0.300. The van der Waals surface area contributed by atoms with E-state index in [1.54, 1.807) is 20.8 Å². The molecule has 0 bridgehead atoms. The summed E-state index contributed by atoms with van der Waals surface area (Å²) in [5.41, 5.74) is 0.536. The molecule has 1 aromatic rings. The summed E-state index contributed by atoms with van der Waals surface area (Å²) < 4.78 is 5.20. The molecule has 7 heteroatoms. The first-order valence-electron chi connectivity index (χ1n) is 10.8. The molecule has 0 radical (unpaired) electrons. The second-order valence-corrected chi connectivity index (χ2v) is 9.04. The van der Waals surface area contributed by atoms with Crippen LogP contribution in [0.4, 0.5) is 0 Å². The number of carbonyl (C=O) groups excluding carboxylic acids is 4. The smallest absolute Gasteiger partial charge is 0.308 e. The van der Waals surface area contributed by atoms with Gasteiger partial charge >= 0.3 is 5.97 Å². The van der Waals surface area contributed by atoms with Gasteiger partial charge in [0.25, 0.3) is 0 Å². The Hall–Kier alpha value is -2.70. The second-order valence-electron chi connectivity index (χ2n) is 9.04. The highest BCUT2D eigenvalue weighted by Crippen LogP contribution is 2.16. The maximum absolute atomic E-state index is 12.7. The first-order valence-corrected chi connectivity index (χ1v) is 10.8. The Kier molecular flexibility index (Phi) is 10.9. The Labute approximate surface area is 185 Å². The van der Waals surface area contributed by atoms with Crippen LogP contribution in [-0.4, -0.2) is 42.3 Å². The third kappa shape index (κ3) is 11.3. The zero-order chi connectivity index (χ0) is 23.4. The first-order chi connectivity index (χ1) is 14.5. The van der Waals surface area contributed by atoms with Crippen LogP contribution in [0.25, 0.3) is 0 Å². The van der Waals surface area contributed by atoms with Gasteiger partial charge < -0.3 is 20.2 Å². The van der Waals surface area contributed by atoms with Crippen LogP contribution in [0, 0.1) is 11.8 Å². The summed E-state index contributed by atoms with van der Waals surface area (Å²) >= 11 is 0. The van der Waals surface area contributed by atoms with Gasteiger partial charge in [-0.2, -0.15) is 0 Å². The molecule has 0 aliphatic heterocycles. The van der Waals surface area contributed by atoms with Gasteiger partial charge in [-0.3, -0.25) is 14.4 Å². The fraction of sp³-hybridized carbons (Fsp3) is 0.583. The van der Waals surface area contributed by atoms with Crippen LogP contribution < -0.4 is 10.6 Å². The standard InChI is InChI=1S/C24H36N2O5/c1-17(2)20(15-21(28)25-13-9-12-18-10-7-6-8-11-18)23(30)26-19(16-27)14-22(29)31-24(3,4)5/h6-8,10-11,16-17,19-20H,9,12-15H2,1-5H3,(H,25,28)(H,26,30). The van der Waals surface area contributed by atoms with Crippen molar-refractivity contribution < 1.29 is 23.9 Å². The first kappa shape index (κ1) is 26.3. The Morgan fingerprint density at radius 2 is 1.71 bits per heavy atom. The monoisotopic (exact) mass is 432 g/mol. The highest BCUT2D eigenvalue weighted by molar-refractivity contribution is 5.88. The minimum atomic E-state index is -0.988. The molecule has 1 aromatic carbocycles. The molecule has 2 N–H and O–H groups in total. The Balaban J connectivity index is 2.50. The zero-order valence-electron chi connectivity index (χ0n) is 19.3. The van der Waals surface area contributed by atoms with E-state index in [9.17, 15) is 19.2 Å². The number of esters is 1. The van der Waals surface area contributed by atoms with E-state index in [0.717, 1.165) is 12.8 Å². The summed E-state index contributed by atoms with van der Waals surface area (Å²) in [6, 6.07) is 9.02. The fourth-order valence-corrected chi connectivity index (χ4v) is 3.05.